The molecule has 6 rings (SSSR count). The largest absolute Gasteiger partial charge is 0.390 e. The van der Waals surface area contributed by atoms with Gasteiger partial charge in [-0.2, -0.15) is 0 Å². The molecule has 9 heteroatoms. The summed E-state index contributed by atoms with van der Waals surface area (Å²) in [6.45, 7) is 1.36. The second kappa shape index (κ2) is 6.89. The van der Waals surface area contributed by atoms with E-state index in [0.717, 1.165) is 19.4 Å². The second-order valence-corrected chi connectivity index (χ2v) is 11.9. The molecule has 0 aromatic carbocycles. The highest BCUT2D eigenvalue weighted by atomic mass is 16.5. The zero-order valence-corrected chi connectivity index (χ0v) is 20.2. The summed E-state index contributed by atoms with van der Waals surface area (Å²) in [4.78, 5) is 2.31. The van der Waals surface area contributed by atoms with Gasteiger partial charge in [0, 0.05) is 69.6 Å². The van der Waals surface area contributed by atoms with Crippen LogP contribution in [0.4, 0.5) is 0 Å². The Morgan fingerprint density at radius 1 is 0.970 bits per heavy atom. The van der Waals surface area contributed by atoms with Gasteiger partial charge in [-0.25, -0.2) is 0 Å². The topological polar surface area (TPSA) is 121 Å². The van der Waals surface area contributed by atoms with Crippen LogP contribution >= 0.6 is 0 Å². The Hall–Kier alpha value is -0.360. The molecule has 5 saturated carbocycles. The van der Waals surface area contributed by atoms with E-state index in [1.54, 1.807) is 21.3 Å². The van der Waals surface area contributed by atoms with E-state index in [1.165, 1.54) is 7.11 Å². The number of aliphatic hydroxyl groups is 4. The Morgan fingerprint density at radius 2 is 1.70 bits per heavy atom. The van der Waals surface area contributed by atoms with Crippen molar-refractivity contribution in [2.45, 2.75) is 67.0 Å². The molecule has 7 bridgehead atoms. The predicted molar refractivity (Wildman–Crippen MR) is 115 cm³/mol. The van der Waals surface area contributed by atoms with Crippen LogP contribution in [0.3, 0.4) is 0 Å². The third-order valence-electron chi connectivity index (χ3n) is 11.3. The number of aliphatic hydroxyl groups excluding tert-OH is 2. The van der Waals surface area contributed by atoms with E-state index in [2.05, 4.69) is 11.9 Å². The Kier molecular flexibility index (Phi) is 4.82. The molecule has 1 spiro atoms. The molecule has 0 amide bonds. The van der Waals surface area contributed by atoms with Crippen molar-refractivity contribution in [1.29, 1.82) is 0 Å². The highest BCUT2D eigenvalue weighted by molar-refractivity contribution is 5.39. The molecule has 4 N–H and O–H groups in total. The van der Waals surface area contributed by atoms with Gasteiger partial charge in [0.15, 0.2) is 0 Å². The summed E-state index contributed by atoms with van der Waals surface area (Å²) < 4.78 is 23.9. The highest BCUT2D eigenvalue weighted by Crippen LogP contribution is 2.79. The first kappa shape index (κ1) is 23.1. The molecule has 1 saturated heterocycles. The molecule has 33 heavy (non-hydrogen) atoms. The Labute approximate surface area is 194 Å². The van der Waals surface area contributed by atoms with Crippen LogP contribution in [0, 0.1) is 34.5 Å². The summed E-state index contributed by atoms with van der Waals surface area (Å²) in [5.41, 5.74) is -3.98. The molecule has 6 fully saturated rings. The van der Waals surface area contributed by atoms with Crippen molar-refractivity contribution in [3.05, 3.63) is 0 Å². The van der Waals surface area contributed by atoms with Crippen LogP contribution in [0.5, 0.6) is 0 Å². The molecule has 6 aliphatic rings. The molecule has 1 heterocycles. The van der Waals surface area contributed by atoms with Crippen molar-refractivity contribution in [1.82, 2.24) is 4.90 Å². The molecule has 14 unspecified atom stereocenters. The van der Waals surface area contributed by atoms with Gasteiger partial charge < -0.3 is 44.3 Å². The van der Waals surface area contributed by atoms with Crippen molar-refractivity contribution >= 4 is 0 Å². The van der Waals surface area contributed by atoms with Gasteiger partial charge in [0.1, 0.15) is 23.4 Å². The lowest BCUT2D eigenvalue weighted by Crippen LogP contribution is -2.79. The molecule has 0 radical (unpaired) electrons. The zero-order valence-electron chi connectivity index (χ0n) is 20.2. The fraction of sp³-hybridized carbons (Fsp3) is 1.00. The number of hydrogen-bond acceptors (Lipinski definition) is 9. The summed E-state index contributed by atoms with van der Waals surface area (Å²) in [6.07, 6.45) is -2.14. The monoisotopic (exact) mass is 469 g/mol. The van der Waals surface area contributed by atoms with Crippen LogP contribution in [0.15, 0.2) is 0 Å². The highest BCUT2D eigenvalue weighted by Gasteiger charge is 2.89. The minimum Gasteiger partial charge on any atom is -0.390 e. The van der Waals surface area contributed by atoms with E-state index in [-0.39, 0.29) is 41.9 Å². The average molecular weight is 470 g/mol. The number of nitrogens with zero attached hydrogens (tertiary/aromatic N) is 1. The Bertz CT molecular complexity index is 830. The quantitative estimate of drug-likeness (QED) is 0.396. The van der Waals surface area contributed by atoms with Crippen LogP contribution in [-0.2, 0) is 18.9 Å². The van der Waals surface area contributed by atoms with Crippen molar-refractivity contribution in [3.8, 4) is 0 Å². The van der Waals surface area contributed by atoms with Gasteiger partial charge in [0.05, 0.1) is 24.9 Å². The smallest absolute Gasteiger partial charge is 0.120 e. The molecule has 9 nitrogen and oxygen atoms in total. The van der Waals surface area contributed by atoms with E-state index in [0.29, 0.717) is 6.61 Å². The zero-order chi connectivity index (χ0) is 23.7. The molecule has 1 aliphatic heterocycles. The maximum Gasteiger partial charge on any atom is 0.120 e. The lowest BCUT2D eigenvalue weighted by atomic mass is 9.43. The molecule has 14 atom stereocenters. The number of hydrogen-bond donors (Lipinski definition) is 4. The third-order valence-corrected chi connectivity index (χ3v) is 11.3. The van der Waals surface area contributed by atoms with Gasteiger partial charge in [-0.1, -0.05) is 0 Å². The summed E-state index contributed by atoms with van der Waals surface area (Å²) in [7, 11) is 8.66. The van der Waals surface area contributed by atoms with Gasteiger partial charge in [0.25, 0.3) is 0 Å². The standard InChI is InChI=1S/C24H39NO8/c1-25-9-21(10-30-2)7-6-12(31-3)23-11-8-22(28)18(26)13(11)24(29,19(27)20(22)33-5)14(17(23)25)15(32-4)16(21)23/h11-20,26-29H,6-10H2,1-5H3. The molecule has 0 aromatic rings. The molecule has 188 valence electrons. The van der Waals surface area contributed by atoms with Crippen molar-refractivity contribution in [2.24, 2.45) is 34.5 Å². The van der Waals surface area contributed by atoms with Crippen molar-refractivity contribution in [2.75, 3.05) is 48.6 Å². The fourth-order valence-electron chi connectivity index (χ4n) is 10.9. The lowest BCUT2D eigenvalue weighted by Gasteiger charge is -2.69. The van der Waals surface area contributed by atoms with Gasteiger partial charge in [-0.05, 0) is 32.2 Å². The van der Waals surface area contributed by atoms with Crippen LogP contribution < -0.4 is 0 Å². The number of piperidine rings is 1. The summed E-state index contributed by atoms with van der Waals surface area (Å²) in [5.74, 6) is -1.44. The summed E-state index contributed by atoms with van der Waals surface area (Å²) in [6, 6.07) is -0.131. The second-order valence-electron chi connectivity index (χ2n) is 11.9. The van der Waals surface area contributed by atoms with E-state index >= 15 is 0 Å². The minimum absolute atomic E-state index is 0.00206. The van der Waals surface area contributed by atoms with Crippen LogP contribution in [-0.4, -0.2) is 122 Å². The van der Waals surface area contributed by atoms with E-state index in [9.17, 15) is 20.4 Å². The fourth-order valence-corrected chi connectivity index (χ4v) is 10.9. The van der Waals surface area contributed by atoms with Crippen molar-refractivity contribution < 1.29 is 39.4 Å². The number of methoxy groups -OCH3 is 4. The molecular weight excluding hydrogens is 430 g/mol. The maximum absolute atomic E-state index is 12.5. The maximum atomic E-state index is 12.5. The van der Waals surface area contributed by atoms with Gasteiger partial charge in [-0.3, -0.25) is 0 Å². The number of ether oxygens (including phenoxy) is 4. The minimum atomic E-state index is -1.67. The lowest BCUT2D eigenvalue weighted by molar-refractivity contribution is -0.314. The Balaban J connectivity index is 1.66. The number of likely N-dealkylation sites (tertiary alicyclic amines) is 1. The van der Waals surface area contributed by atoms with Crippen LogP contribution in [0.1, 0.15) is 19.3 Å². The van der Waals surface area contributed by atoms with Crippen LogP contribution in [0.25, 0.3) is 0 Å². The normalized spacial score (nSPS) is 63.2. The van der Waals surface area contributed by atoms with Gasteiger partial charge in [0.2, 0.25) is 0 Å². The number of rotatable bonds is 5. The Morgan fingerprint density at radius 3 is 2.30 bits per heavy atom. The van der Waals surface area contributed by atoms with Crippen molar-refractivity contribution in [3.63, 3.8) is 0 Å². The summed E-state index contributed by atoms with van der Waals surface area (Å²) >= 11 is 0. The van der Waals surface area contributed by atoms with E-state index < -0.39 is 46.8 Å². The SMILES string of the molecule is COCC12CCC(OC)C34C5CC6(O)C(O)C5C(O)(C(O)C6OC)C(C(OC)C13)C4N(C)C2. The summed E-state index contributed by atoms with van der Waals surface area (Å²) in [5, 5.41) is 47.3. The first-order valence-corrected chi connectivity index (χ1v) is 12.2. The molecule has 0 aromatic heterocycles. The first-order chi connectivity index (χ1) is 15.6. The van der Waals surface area contributed by atoms with Gasteiger partial charge in [-0.15, -0.1) is 0 Å². The third kappa shape index (κ3) is 2.15. The molecule has 5 aliphatic carbocycles. The van der Waals surface area contributed by atoms with E-state index in [4.69, 9.17) is 18.9 Å². The predicted octanol–water partition coefficient (Wildman–Crippen LogP) is -1.15. The molecular formula is C24H39NO8. The first-order valence-electron chi connectivity index (χ1n) is 12.2. The van der Waals surface area contributed by atoms with E-state index in [1.807, 2.05) is 0 Å². The van der Waals surface area contributed by atoms with Gasteiger partial charge >= 0.3 is 0 Å². The van der Waals surface area contributed by atoms with Crippen LogP contribution in [0.2, 0.25) is 0 Å². The number of fused-ring (bicyclic) bond motifs is 2. The average Bonchev–Trinajstić information content (AvgIpc) is 3.16.